The second-order valence-electron chi connectivity index (χ2n) is 9.52. The van der Waals surface area contributed by atoms with Crippen molar-refractivity contribution in [2.45, 2.75) is 50.7 Å². The van der Waals surface area contributed by atoms with Gasteiger partial charge in [0.1, 0.15) is 11.4 Å². The lowest BCUT2D eigenvalue weighted by Crippen LogP contribution is -2.44. The van der Waals surface area contributed by atoms with Gasteiger partial charge in [-0.15, -0.1) is 0 Å². The van der Waals surface area contributed by atoms with Crippen LogP contribution in [0.2, 0.25) is 0 Å². The van der Waals surface area contributed by atoms with Crippen molar-refractivity contribution in [1.82, 2.24) is 4.90 Å². The number of rotatable bonds is 9. The zero-order valence-electron chi connectivity index (χ0n) is 20.1. The Bertz CT molecular complexity index is 990. The van der Waals surface area contributed by atoms with Crippen molar-refractivity contribution in [2.24, 2.45) is 5.92 Å². The molecule has 3 aromatic rings. The highest BCUT2D eigenvalue weighted by molar-refractivity contribution is 5.38. The van der Waals surface area contributed by atoms with Crippen LogP contribution in [0, 0.1) is 5.92 Å². The van der Waals surface area contributed by atoms with Gasteiger partial charge in [-0.3, -0.25) is 0 Å². The molecule has 0 spiro atoms. The minimum absolute atomic E-state index is 0.146. The summed E-state index contributed by atoms with van der Waals surface area (Å²) in [6.07, 6.45) is 3.54. The molecule has 4 heteroatoms. The van der Waals surface area contributed by atoms with Crippen LogP contribution in [0.3, 0.4) is 0 Å². The van der Waals surface area contributed by atoms with E-state index in [1.807, 2.05) is 72.8 Å². The summed E-state index contributed by atoms with van der Waals surface area (Å²) in [6, 6.07) is 25.7. The number of piperidine rings is 1. The van der Waals surface area contributed by atoms with Crippen LogP contribution in [0.1, 0.15) is 61.0 Å². The number of aromatic hydroxyl groups is 1. The lowest BCUT2D eigenvalue weighted by Gasteiger charge is -2.42. The van der Waals surface area contributed by atoms with Crippen molar-refractivity contribution in [3.05, 3.63) is 101 Å². The van der Waals surface area contributed by atoms with Gasteiger partial charge in [0.2, 0.25) is 0 Å². The smallest absolute Gasteiger partial charge is 0.121 e. The fourth-order valence-corrected chi connectivity index (χ4v) is 5.35. The molecule has 3 N–H and O–H groups in total. The van der Waals surface area contributed by atoms with Crippen molar-refractivity contribution in [3.63, 3.8) is 0 Å². The van der Waals surface area contributed by atoms with E-state index in [0.29, 0.717) is 12.0 Å². The first-order valence-corrected chi connectivity index (χ1v) is 12.6. The Morgan fingerprint density at radius 3 is 2.03 bits per heavy atom. The molecule has 3 aromatic carbocycles. The van der Waals surface area contributed by atoms with Crippen LogP contribution in [-0.4, -0.2) is 39.9 Å². The molecule has 4 rings (SSSR count). The number of nitrogens with zero attached hydrogens (tertiary/aromatic N) is 1. The van der Waals surface area contributed by atoms with E-state index in [1.165, 1.54) is 0 Å². The Kier molecular flexibility index (Phi) is 8.04. The van der Waals surface area contributed by atoms with E-state index >= 15 is 0 Å². The summed E-state index contributed by atoms with van der Waals surface area (Å²) in [5.41, 5.74) is 2.61. The summed E-state index contributed by atoms with van der Waals surface area (Å²) in [5.74, 6) is 0.335. The maximum absolute atomic E-state index is 12.0. The largest absolute Gasteiger partial charge is 0.508 e. The number of likely N-dealkylation sites (tertiary alicyclic amines) is 1. The van der Waals surface area contributed by atoms with E-state index in [9.17, 15) is 15.3 Å². The standard InChI is InChI=1S/C30H37NO3/c1-2-23-15-16-27(29(33)22-23)28(32)14-9-19-31-20-17-26(18-21-31)30(34,24-10-5-3-6-11-24)25-12-7-4-8-13-25/h3-8,10-13,15-16,22,26,28,32-34H,2,9,14,17-21H2,1H3. The van der Waals surface area contributed by atoms with Gasteiger partial charge in [0.25, 0.3) is 0 Å². The first kappa shape index (κ1) is 24.5. The van der Waals surface area contributed by atoms with Gasteiger partial charge < -0.3 is 20.2 Å². The van der Waals surface area contributed by atoms with E-state index in [0.717, 1.165) is 62.0 Å². The number of aliphatic hydroxyl groups is 2. The molecule has 1 atom stereocenters. The Balaban J connectivity index is 1.34. The highest BCUT2D eigenvalue weighted by atomic mass is 16.3. The van der Waals surface area contributed by atoms with Gasteiger partial charge in [0.05, 0.1) is 6.10 Å². The number of benzene rings is 3. The fraction of sp³-hybridized carbons (Fsp3) is 0.400. The number of hydrogen-bond donors (Lipinski definition) is 3. The average molecular weight is 460 g/mol. The highest BCUT2D eigenvalue weighted by Gasteiger charge is 2.41. The zero-order valence-corrected chi connectivity index (χ0v) is 20.1. The number of aryl methyl sites for hydroxylation is 1. The van der Waals surface area contributed by atoms with Crippen LogP contribution in [0.4, 0.5) is 0 Å². The summed E-state index contributed by atoms with van der Waals surface area (Å²) in [4.78, 5) is 2.43. The van der Waals surface area contributed by atoms with E-state index < -0.39 is 11.7 Å². The Labute approximate surface area is 203 Å². The third-order valence-electron chi connectivity index (χ3n) is 7.42. The zero-order chi connectivity index (χ0) is 24.0. The van der Waals surface area contributed by atoms with Crippen LogP contribution in [0.25, 0.3) is 0 Å². The Morgan fingerprint density at radius 1 is 0.912 bits per heavy atom. The van der Waals surface area contributed by atoms with E-state index in [-0.39, 0.29) is 11.7 Å². The molecule has 1 saturated heterocycles. The van der Waals surface area contributed by atoms with Crippen molar-refractivity contribution >= 4 is 0 Å². The third-order valence-corrected chi connectivity index (χ3v) is 7.42. The molecule has 0 amide bonds. The number of phenolic OH excluding ortho intramolecular Hbond substituents is 1. The molecule has 0 bridgehead atoms. The molecule has 34 heavy (non-hydrogen) atoms. The molecule has 1 unspecified atom stereocenters. The minimum atomic E-state index is -0.993. The minimum Gasteiger partial charge on any atom is -0.508 e. The van der Waals surface area contributed by atoms with Gasteiger partial charge in [0, 0.05) is 5.56 Å². The SMILES string of the molecule is CCc1ccc(C(O)CCCN2CCC(C(O)(c3ccccc3)c3ccccc3)CC2)c(O)c1. The molecule has 1 heterocycles. The average Bonchev–Trinajstić information content (AvgIpc) is 2.89. The summed E-state index contributed by atoms with van der Waals surface area (Å²) in [5, 5.41) is 32.9. The maximum atomic E-state index is 12.0. The van der Waals surface area contributed by atoms with Gasteiger partial charge in [-0.1, -0.05) is 79.7 Å². The molecule has 0 saturated carbocycles. The maximum Gasteiger partial charge on any atom is 0.121 e. The summed E-state index contributed by atoms with van der Waals surface area (Å²) in [6.45, 7) is 4.82. The van der Waals surface area contributed by atoms with Crippen LogP contribution in [-0.2, 0) is 12.0 Å². The number of aliphatic hydroxyl groups excluding tert-OH is 1. The molecule has 1 fully saturated rings. The predicted molar refractivity (Wildman–Crippen MR) is 137 cm³/mol. The molecular formula is C30H37NO3. The topological polar surface area (TPSA) is 63.9 Å². The summed E-state index contributed by atoms with van der Waals surface area (Å²) >= 11 is 0. The number of phenols is 1. The van der Waals surface area contributed by atoms with Crippen LogP contribution < -0.4 is 0 Å². The van der Waals surface area contributed by atoms with Crippen molar-refractivity contribution in [1.29, 1.82) is 0 Å². The summed E-state index contributed by atoms with van der Waals surface area (Å²) < 4.78 is 0. The molecule has 0 radical (unpaired) electrons. The first-order chi connectivity index (χ1) is 16.5. The van der Waals surface area contributed by atoms with Crippen LogP contribution in [0.15, 0.2) is 78.9 Å². The monoisotopic (exact) mass is 459 g/mol. The van der Waals surface area contributed by atoms with E-state index in [2.05, 4.69) is 11.8 Å². The second kappa shape index (κ2) is 11.2. The van der Waals surface area contributed by atoms with Crippen molar-refractivity contribution in [3.8, 4) is 5.75 Å². The Hall–Kier alpha value is -2.66. The number of hydrogen-bond acceptors (Lipinski definition) is 4. The molecule has 180 valence electrons. The molecule has 0 aromatic heterocycles. The third kappa shape index (κ3) is 5.35. The molecular weight excluding hydrogens is 422 g/mol. The lowest BCUT2D eigenvalue weighted by molar-refractivity contribution is -0.0146. The quantitative estimate of drug-likeness (QED) is 0.400. The lowest BCUT2D eigenvalue weighted by atomic mass is 9.72. The molecule has 1 aliphatic heterocycles. The fourth-order valence-electron chi connectivity index (χ4n) is 5.35. The molecule has 1 aliphatic rings. The van der Waals surface area contributed by atoms with Crippen LogP contribution in [0.5, 0.6) is 5.75 Å². The molecule has 4 nitrogen and oxygen atoms in total. The summed E-state index contributed by atoms with van der Waals surface area (Å²) in [7, 11) is 0. The van der Waals surface area contributed by atoms with E-state index in [4.69, 9.17) is 0 Å². The molecule has 0 aliphatic carbocycles. The van der Waals surface area contributed by atoms with Gasteiger partial charge >= 0.3 is 0 Å². The van der Waals surface area contributed by atoms with Crippen molar-refractivity contribution < 1.29 is 15.3 Å². The first-order valence-electron chi connectivity index (χ1n) is 12.6. The van der Waals surface area contributed by atoms with Gasteiger partial charge in [-0.05, 0) is 80.4 Å². The van der Waals surface area contributed by atoms with Gasteiger partial charge in [0.15, 0.2) is 0 Å². The van der Waals surface area contributed by atoms with Gasteiger partial charge in [-0.2, -0.15) is 0 Å². The van der Waals surface area contributed by atoms with Gasteiger partial charge in [-0.25, -0.2) is 0 Å². The normalized spacial score (nSPS) is 16.4. The highest BCUT2D eigenvalue weighted by Crippen LogP contribution is 2.42. The second-order valence-corrected chi connectivity index (χ2v) is 9.52. The van der Waals surface area contributed by atoms with Crippen molar-refractivity contribution in [2.75, 3.05) is 19.6 Å². The predicted octanol–water partition coefficient (Wildman–Crippen LogP) is 5.42. The Morgan fingerprint density at radius 2 is 1.50 bits per heavy atom. The van der Waals surface area contributed by atoms with E-state index in [1.54, 1.807) is 6.07 Å². The van der Waals surface area contributed by atoms with Crippen LogP contribution >= 0.6 is 0 Å².